The standard InChI is InChI=1S/C15H15ClN2O/c1-3-18-14-9-12(6-4-10(14)2)19-15-7-5-11(17)8-13(15)16/h3-9H,17H2,1-2H3/b18-3-. The molecule has 2 rings (SSSR count). The number of nitrogens with two attached hydrogens (primary N) is 1. The van der Waals surface area contributed by atoms with Crippen molar-refractivity contribution in [3.05, 3.63) is 47.0 Å². The van der Waals surface area contributed by atoms with Crippen LogP contribution in [0.15, 0.2) is 41.4 Å². The van der Waals surface area contributed by atoms with E-state index in [0.29, 0.717) is 22.2 Å². The lowest BCUT2D eigenvalue weighted by molar-refractivity contribution is 0.483. The highest BCUT2D eigenvalue weighted by Gasteiger charge is 2.05. The van der Waals surface area contributed by atoms with Gasteiger partial charge in [-0.2, -0.15) is 0 Å². The molecule has 2 N–H and O–H groups in total. The second-order valence-electron chi connectivity index (χ2n) is 4.13. The highest BCUT2D eigenvalue weighted by atomic mass is 35.5. The monoisotopic (exact) mass is 274 g/mol. The minimum absolute atomic E-state index is 0.487. The summed E-state index contributed by atoms with van der Waals surface area (Å²) in [4.78, 5) is 4.29. The molecule has 0 saturated heterocycles. The zero-order valence-electron chi connectivity index (χ0n) is 10.9. The van der Waals surface area contributed by atoms with Gasteiger partial charge in [-0.25, -0.2) is 0 Å². The lowest BCUT2D eigenvalue weighted by Crippen LogP contribution is -1.89. The second kappa shape index (κ2) is 5.76. The molecule has 0 aliphatic heterocycles. The van der Waals surface area contributed by atoms with Gasteiger partial charge in [-0.15, -0.1) is 0 Å². The Balaban J connectivity index is 2.30. The summed E-state index contributed by atoms with van der Waals surface area (Å²) in [5, 5.41) is 0.487. The lowest BCUT2D eigenvalue weighted by Gasteiger charge is -2.09. The lowest BCUT2D eigenvalue weighted by atomic mass is 10.2. The van der Waals surface area contributed by atoms with Gasteiger partial charge in [0.1, 0.15) is 11.5 Å². The third-order valence-corrected chi connectivity index (χ3v) is 2.93. The van der Waals surface area contributed by atoms with Gasteiger partial charge in [-0.05, 0) is 43.7 Å². The number of nitrogen functional groups attached to an aromatic ring is 1. The molecule has 0 unspecified atom stereocenters. The number of anilines is 1. The summed E-state index contributed by atoms with van der Waals surface area (Å²) >= 11 is 6.08. The van der Waals surface area contributed by atoms with Crippen molar-refractivity contribution in [2.75, 3.05) is 5.73 Å². The van der Waals surface area contributed by atoms with Crippen LogP contribution < -0.4 is 10.5 Å². The van der Waals surface area contributed by atoms with Crippen LogP contribution in [0.25, 0.3) is 0 Å². The topological polar surface area (TPSA) is 47.6 Å². The largest absolute Gasteiger partial charge is 0.456 e. The minimum Gasteiger partial charge on any atom is -0.456 e. The Morgan fingerprint density at radius 3 is 2.68 bits per heavy atom. The number of hydrogen-bond acceptors (Lipinski definition) is 3. The SMILES string of the molecule is C/C=N\c1cc(Oc2ccc(N)cc2Cl)ccc1C. The molecule has 0 fully saturated rings. The molecule has 0 bridgehead atoms. The third-order valence-electron chi connectivity index (χ3n) is 2.63. The molecule has 2 aromatic carbocycles. The number of aliphatic imine (C=N–C) groups is 1. The average molecular weight is 275 g/mol. The van der Waals surface area contributed by atoms with Crippen molar-refractivity contribution < 1.29 is 4.74 Å². The molecule has 0 spiro atoms. The number of benzene rings is 2. The molecule has 0 aromatic heterocycles. The quantitative estimate of drug-likeness (QED) is 0.649. The maximum Gasteiger partial charge on any atom is 0.146 e. The molecule has 0 saturated carbocycles. The molecule has 0 heterocycles. The number of nitrogens with zero attached hydrogens (tertiary/aromatic N) is 1. The van der Waals surface area contributed by atoms with E-state index in [9.17, 15) is 0 Å². The Morgan fingerprint density at radius 1 is 1.21 bits per heavy atom. The fraction of sp³-hybridized carbons (Fsp3) is 0.133. The molecular formula is C15H15ClN2O. The van der Waals surface area contributed by atoms with Crippen LogP contribution in [-0.4, -0.2) is 6.21 Å². The van der Waals surface area contributed by atoms with Crippen molar-refractivity contribution in [2.45, 2.75) is 13.8 Å². The Kier molecular flexibility index (Phi) is 4.07. The smallest absolute Gasteiger partial charge is 0.146 e. The number of hydrogen-bond donors (Lipinski definition) is 1. The Hall–Kier alpha value is -2.00. The van der Waals surface area contributed by atoms with Gasteiger partial charge in [0.2, 0.25) is 0 Å². The Bertz CT molecular complexity index is 624. The van der Waals surface area contributed by atoms with Crippen molar-refractivity contribution in [1.82, 2.24) is 0 Å². The maximum absolute atomic E-state index is 6.08. The van der Waals surface area contributed by atoms with Crippen molar-refractivity contribution in [1.29, 1.82) is 0 Å². The zero-order chi connectivity index (χ0) is 13.8. The van der Waals surface area contributed by atoms with E-state index in [1.807, 2.05) is 32.0 Å². The van der Waals surface area contributed by atoms with Gasteiger partial charge >= 0.3 is 0 Å². The van der Waals surface area contributed by atoms with Crippen LogP contribution in [0.3, 0.4) is 0 Å². The van der Waals surface area contributed by atoms with Gasteiger partial charge in [0, 0.05) is 18.0 Å². The van der Waals surface area contributed by atoms with Crippen molar-refractivity contribution in [3.63, 3.8) is 0 Å². The van der Waals surface area contributed by atoms with Crippen LogP contribution in [0.1, 0.15) is 12.5 Å². The highest BCUT2D eigenvalue weighted by molar-refractivity contribution is 6.32. The maximum atomic E-state index is 6.08. The van der Waals surface area contributed by atoms with E-state index < -0.39 is 0 Å². The first-order valence-electron chi connectivity index (χ1n) is 5.92. The molecule has 0 aliphatic rings. The van der Waals surface area contributed by atoms with E-state index in [-0.39, 0.29) is 0 Å². The fourth-order valence-corrected chi connectivity index (χ4v) is 1.89. The first-order chi connectivity index (χ1) is 9.10. The van der Waals surface area contributed by atoms with E-state index >= 15 is 0 Å². The summed E-state index contributed by atoms with van der Waals surface area (Å²) in [5.41, 5.74) is 8.23. The summed E-state index contributed by atoms with van der Waals surface area (Å²) in [5.74, 6) is 1.27. The zero-order valence-corrected chi connectivity index (χ0v) is 11.6. The summed E-state index contributed by atoms with van der Waals surface area (Å²) in [6.07, 6.45) is 1.75. The van der Waals surface area contributed by atoms with Gasteiger partial charge in [0.05, 0.1) is 10.7 Å². The molecule has 3 nitrogen and oxygen atoms in total. The number of halogens is 1. The first-order valence-corrected chi connectivity index (χ1v) is 6.30. The molecule has 19 heavy (non-hydrogen) atoms. The normalized spacial score (nSPS) is 10.9. The number of ether oxygens (including phenoxy) is 1. The van der Waals surface area contributed by atoms with Crippen LogP contribution in [0.4, 0.5) is 11.4 Å². The third kappa shape index (κ3) is 3.26. The van der Waals surface area contributed by atoms with Gasteiger partial charge in [0.25, 0.3) is 0 Å². The van der Waals surface area contributed by atoms with Crippen LogP contribution in [0.5, 0.6) is 11.5 Å². The molecule has 0 radical (unpaired) electrons. The van der Waals surface area contributed by atoms with Crippen LogP contribution in [0, 0.1) is 6.92 Å². The van der Waals surface area contributed by atoms with Gasteiger partial charge < -0.3 is 10.5 Å². The Labute approximate surface area is 117 Å². The van der Waals surface area contributed by atoms with E-state index in [2.05, 4.69) is 4.99 Å². The van der Waals surface area contributed by atoms with E-state index in [4.69, 9.17) is 22.1 Å². The second-order valence-corrected chi connectivity index (χ2v) is 4.53. The van der Waals surface area contributed by atoms with Gasteiger partial charge in [-0.1, -0.05) is 17.7 Å². The van der Waals surface area contributed by atoms with E-state index in [1.54, 1.807) is 24.4 Å². The fourth-order valence-electron chi connectivity index (χ4n) is 1.66. The summed E-state index contributed by atoms with van der Waals surface area (Å²) in [6, 6.07) is 10.9. The number of aryl methyl sites for hydroxylation is 1. The molecular weight excluding hydrogens is 260 g/mol. The van der Waals surface area contributed by atoms with Crippen molar-refractivity contribution in [2.24, 2.45) is 4.99 Å². The van der Waals surface area contributed by atoms with E-state index in [0.717, 1.165) is 11.3 Å². The van der Waals surface area contributed by atoms with Crippen molar-refractivity contribution in [3.8, 4) is 11.5 Å². The minimum atomic E-state index is 0.487. The predicted molar refractivity (Wildman–Crippen MR) is 80.9 cm³/mol. The molecule has 0 amide bonds. The number of rotatable bonds is 3. The summed E-state index contributed by atoms with van der Waals surface area (Å²) in [7, 11) is 0. The molecule has 4 heteroatoms. The average Bonchev–Trinajstić information content (AvgIpc) is 2.37. The van der Waals surface area contributed by atoms with Crippen LogP contribution in [0.2, 0.25) is 5.02 Å². The van der Waals surface area contributed by atoms with Gasteiger partial charge in [-0.3, -0.25) is 4.99 Å². The molecule has 98 valence electrons. The van der Waals surface area contributed by atoms with E-state index in [1.165, 1.54) is 0 Å². The summed E-state index contributed by atoms with van der Waals surface area (Å²) < 4.78 is 5.74. The Morgan fingerprint density at radius 2 is 2.00 bits per heavy atom. The van der Waals surface area contributed by atoms with Crippen LogP contribution >= 0.6 is 11.6 Å². The highest BCUT2D eigenvalue weighted by Crippen LogP contribution is 2.33. The molecule has 0 atom stereocenters. The van der Waals surface area contributed by atoms with Crippen LogP contribution in [-0.2, 0) is 0 Å². The summed E-state index contributed by atoms with van der Waals surface area (Å²) in [6.45, 7) is 3.88. The first kappa shape index (κ1) is 13.4. The van der Waals surface area contributed by atoms with Gasteiger partial charge in [0.15, 0.2) is 0 Å². The molecule has 0 aliphatic carbocycles. The molecule has 2 aromatic rings. The van der Waals surface area contributed by atoms with Crippen molar-refractivity contribution >= 4 is 29.2 Å². The predicted octanol–water partition coefficient (Wildman–Crippen LogP) is 4.75.